The summed E-state index contributed by atoms with van der Waals surface area (Å²) in [6.45, 7) is 2.41. The van der Waals surface area contributed by atoms with Gasteiger partial charge >= 0.3 is 0 Å². The lowest BCUT2D eigenvalue weighted by molar-refractivity contribution is 0.0900. The number of nitrogens with zero attached hydrogens (tertiary/aromatic N) is 1. The van der Waals surface area contributed by atoms with Crippen LogP contribution in [0.4, 0.5) is 0 Å². The SMILES string of the molecule is O=C(NC1CCN2CCCC2C1)c1cccs1. The first kappa shape index (κ1) is 11.2. The van der Waals surface area contributed by atoms with Gasteiger partial charge in [-0.3, -0.25) is 4.79 Å². The Morgan fingerprint density at radius 3 is 3.18 bits per heavy atom. The molecule has 2 atom stereocenters. The lowest BCUT2D eigenvalue weighted by atomic mass is 9.97. The van der Waals surface area contributed by atoms with E-state index in [0.717, 1.165) is 30.3 Å². The van der Waals surface area contributed by atoms with E-state index in [9.17, 15) is 4.79 Å². The van der Waals surface area contributed by atoms with Gasteiger partial charge in [-0.05, 0) is 43.7 Å². The second kappa shape index (κ2) is 4.78. The third-order valence-corrected chi connectivity index (χ3v) is 4.77. The molecule has 0 radical (unpaired) electrons. The fraction of sp³-hybridized carbons (Fsp3) is 0.615. The van der Waals surface area contributed by atoms with Crippen LogP contribution in [0.2, 0.25) is 0 Å². The van der Waals surface area contributed by atoms with E-state index in [1.807, 2.05) is 17.5 Å². The molecular weight excluding hydrogens is 232 g/mol. The van der Waals surface area contributed by atoms with E-state index in [4.69, 9.17) is 0 Å². The number of carbonyl (C=O) groups excluding carboxylic acids is 1. The summed E-state index contributed by atoms with van der Waals surface area (Å²) in [6, 6.07) is 4.92. The zero-order valence-corrected chi connectivity index (χ0v) is 10.7. The van der Waals surface area contributed by atoms with Gasteiger partial charge in [-0.2, -0.15) is 0 Å². The Kier molecular flexibility index (Phi) is 3.16. The lowest BCUT2D eigenvalue weighted by Gasteiger charge is -2.35. The molecule has 4 heteroatoms. The summed E-state index contributed by atoms with van der Waals surface area (Å²) >= 11 is 1.52. The van der Waals surface area contributed by atoms with Crippen LogP contribution >= 0.6 is 11.3 Å². The molecule has 1 aromatic heterocycles. The van der Waals surface area contributed by atoms with Gasteiger partial charge in [0.25, 0.3) is 5.91 Å². The first-order valence-electron chi connectivity index (χ1n) is 6.41. The van der Waals surface area contributed by atoms with Gasteiger partial charge in [-0.15, -0.1) is 11.3 Å². The molecule has 0 aliphatic carbocycles. The summed E-state index contributed by atoms with van der Waals surface area (Å²) < 4.78 is 0. The zero-order chi connectivity index (χ0) is 11.7. The van der Waals surface area contributed by atoms with Gasteiger partial charge in [0.1, 0.15) is 0 Å². The van der Waals surface area contributed by atoms with Crippen molar-refractivity contribution in [3.63, 3.8) is 0 Å². The predicted molar refractivity (Wildman–Crippen MR) is 69.4 cm³/mol. The van der Waals surface area contributed by atoms with Crippen molar-refractivity contribution in [1.29, 1.82) is 0 Å². The van der Waals surface area contributed by atoms with Crippen LogP contribution in [-0.4, -0.2) is 36.0 Å². The maximum atomic E-state index is 12.0. The maximum absolute atomic E-state index is 12.0. The molecule has 2 unspecified atom stereocenters. The molecule has 17 heavy (non-hydrogen) atoms. The predicted octanol–water partition coefficient (Wildman–Crippen LogP) is 2.10. The number of fused-ring (bicyclic) bond motifs is 1. The van der Waals surface area contributed by atoms with Crippen LogP contribution < -0.4 is 5.32 Å². The molecule has 2 fully saturated rings. The summed E-state index contributed by atoms with van der Waals surface area (Å²) in [7, 11) is 0. The highest BCUT2D eigenvalue weighted by atomic mass is 32.1. The zero-order valence-electron chi connectivity index (χ0n) is 9.89. The molecule has 1 N–H and O–H groups in total. The average molecular weight is 250 g/mol. The van der Waals surface area contributed by atoms with E-state index in [-0.39, 0.29) is 5.91 Å². The third-order valence-electron chi connectivity index (χ3n) is 3.90. The van der Waals surface area contributed by atoms with Crippen molar-refractivity contribution in [2.24, 2.45) is 0 Å². The monoisotopic (exact) mass is 250 g/mol. The molecule has 2 saturated heterocycles. The Hall–Kier alpha value is -0.870. The summed E-state index contributed by atoms with van der Waals surface area (Å²) in [6.07, 6.45) is 4.88. The van der Waals surface area contributed by atoms with E-state index >= 15 is 0 Å². The van der Waals surface area contributed by atoms with Crippen molar-refractivity contribution >= 4 is 17.2 Å². The molecule has 2 aliphatic heterocycles. The van der Waals surface area contributed by atoms with E-state index in [0.29, 0.717) is 6.04 Å². The van der Waals surface area contributed by atoms with Crippen molar-refractivity contribution in [3.05, 3.63) is 22.4 Å². The molecular formula is C13H18N2OS. The standard InChI is InChI=1S/C13H18N2OS/c16-13(12-4-2-8-17-12)14-10-5-7-15-6-1-3-11(15)9-10/h2,4,8,10-11H,1,3,5-7,9H2,(H,14,16). The quantitative estimate of drug-likeness (QED) is 0.872. The van der Waals surface area contributed by atoms with E-state index in [2.05, 4.69) is 10.2 Å². The molecule has 92 valence electrons. The minimum Gasteiger partial charge on any atom is -0.349 e. The summed E-state index contributed by atoms with van der Waals surface area (Å²) in [5.74, 6) is 0.108. The van der Waals surface area contributed by atoms with Crippen LogP contribution in [0.25, 0.3) is 0 Å². The van der Waals surface area contributed by atoms with Gasteiger partial charge < -0.3 is 10.2 Å². The highest BCUT2D eigenvalue weighted by Crippen LogP contribution is 2.27. The summed E-state index contributed by atoms with van der Waals surface area (Å²) in [4.78, 5) is 15.4. The fourth-order valence-electron chi connectivity index (χ4n) is 3.02. The normalized spacial score (nSPS) is 28.9. The molecule has 2 aliphatic rings. The molecule has 0 aromatic carbocycles. The number of amides is 1. The topological polar surface area (TPSA) is 32.3 Å². The molecule has 1 amide bonds. The van der Waals surface area contributed by atoms with Crippen molar-refractivity contribution in [2.75, 3.05) is 13.1 Å². The van der Waals surface area contributed by atoms with Crippen molar-refractivity contribution in [1.82, 2.24) is 10.2 Å². The Labute approximate surface area is 106 Å². The number of rotatable bonds is 2. The van der Waals surface area contributed by atoms with Crippen LogP contribution in [0.5, 0.6) is 0 Å². The molecule has 3 rings (SSSR count). The summed E-state index contributed by atoms with van der Waals surface area (Å²) in [5.41, 5.74) is 0. The second-order valence-electron chi connectivity index (χ2n) is 5.00. The van der Waals surface area contributed by atoms with Crippen molar-refractivity contribution in [3.8, 4) is 0 Å². The van der Waals surface area contributed by atoms with Crippen LogP contribution in [0.1, 0.15) is 35.4 Å². The molecule has 3 nitrogen and oxygen atoms in total. The van der Waals surface area contributed by atoms with Crippen molar-refractivity contribution < 1.29 is 4.79 Å². The number of hydrogen-bond donors (Lipinski definition) is 1. The lowest BCUT2D eigenvalue weighted by Crippen LogP contribution is -2.47. The minimum atomic E-state index is 0.108. The van der Waals surface area contributed by atoms with E-state index in [1.54, 1.807) is 0 Å². The largest absolute Gasteiger partial charge is 0.349 e. The Balaban J connectivity index is 1.57. The highest BCUT2D eigenvalue weighted by Gasteiger charge is 2.32. The van der Waals surface area contributed by atoms with E-state index in [1.165, 1.54) is 30.7 Å². The Bertz CT molecular complexity index is 390. The third kappa shape index (κ3) is 2.38. The Morgan fingerprint density at radius 1 is 1.41 bits per heavy atom. The van der Waals surface area contributed by atoms with E-state index < -0.39 is 0 Å². The van der Waals surface area contributed by atoms with Gasteiger partial charge in [0.2, 0.25) is 0 Å². The number of thiophene rings is 1. The molecule has 3 heterocycles. The van der Waals surface area contributed by atoms with Gasteiger partial charge in [-0.25, -0.2) is 0 Å². The molecule has 1 aromatic rings. The van der Waals surface area contributed by atoms with Gasteiger partial charge in [-0.1, -0.05) is 6.07 Å². The maximum Gasteiger partial charge on any atom is 0.261 e. The number of nitrogens with one attached hydrogen (secondary N) is 1. The molecule has 0 saturated carbocycles. The fourth-order valence-corrected chi connectivity index (χ4v) is 3.65. The molecule has 0 spiro atoms. The second-order valence-corrected chi connectivity index (χ2v) is 5.95. The molecule has 0 bridgehead atoms. The van der Waals surface area contributed by atoms with Crippen LogP contribution in [0.3, 0.4) is 0 Å². The van der Waals surface area contributed by atoms with Crippen LogP contribution in [0.15, 0.2) is 17.5 Å². The highest BCUT2D eigenvalue weighted by molar-refractivity contribution is 7.12. The number of hydrogen-bond acceptors (Lipinski definition) is 3. The van der Waals surface area contributed by atoms with Gasteiger partial charge in [0.15, 0.2) is 0 Å². The van der Waals surface area contributed by atoms with Gasteiger partial charge in [0, 0.05) is 18.6 Å². The average Bonchev–Trinajstić information content (AvgIpc) is 2.99. The first-order valence-corrected chi connectivity index (χ1v) is 7.29. The number of carbonyl (C=O) groups is 1. The number of piperidine rings is 1. The van der Waals surface area contributed by atoms with Crippen LogP contribution in [-0.2, 0) is 0 Å². The Morgan fingerprint density at radius 2 is 2.35 bits per heavy atom. The summed E-state index contributed by atoms with van der Waals surface area (Å²) in [5, 5.41) is 5.13. The van der Waals surface area contributed by atoms with Crippen molar-refractivity contribution in [2.45, 2.75) is 37.8 Å². The van der Waals surface area contributed by atoms with Gasteiger partial charge in [0.05, 0.1) is 4.88 Å². The minimum absolute atomic E-state index is 0.108. The smallest absolute Gasteiger partial charge is 0.261 e. The first-order chi connectivity index (χ1) is 8.33. The van der Waals surface area contributed by atoms with Crippen LogP contribution in [0, 0.1) is 0 Å².